The monoisotopic (exact) mass is 240 g/mol. The van der Waals surface area contributed by atoms with Gasteiger partial charge in [-0.05, 0) is 18.2 Å². The molecule has 1 unspecified atom stereocenters. The van der Waals surface area contributed by atoms with Crippen molar-refractivity contribution in [3.63, 3.8) is 0 Å². The Kier molecular flexibility index (Phi) is 2.62. The Morgan fingerprint density at radius 3 is 2.72 bits per heavy atom. The molecule has 2 heterocycles. The van der Waals surface area contributed by atoms with Crippen molar-refractivity contribution in [2.45, 2.75) is 6.04 Å². The van der Waals surface area contributed by atoms with Gasteiger partial charge in [-0.3, -0.25) is 5.10 Å². The van der Waals surface area contributed by atoms with Crippen LogP contribution in [0.25, 0.3) is 5.69 Å². The molecule has 1 aromatic carbocycles. The number of hydrogen-bond acceptors (Lipinski definition) is 4. The van der Waals surface area contributed by atoms with Gasteiger partial charge in [-0.15, -0.1) is 0 Å². The molecule has 0 fully saturated rings. The molecule has 0 aliphatic rings. The first-order valence-electron chi connectivity index (χ1n) is 5.56. The Hall–Kier alpha value is -2.47. The van der Waals surface area contributed by atoms with Crippen molar-refractivity contribution in [3.8, 4) is 5.69 Å². The van der Waals surface area contributed by atoms with E-state index in [1.165, 1.54) is 6.33 Å². The Balaban J connectivity index is 2.02. The molecule has 1 atom stereocenters. The standard InChI is InChI=1S/C12H12N6/c13-11(12-14-8-15-17-12)10-6-7-16-18(10)9-4-2-1-3-5-9/h1-8,11H,13H2,(H,14,15,17). The third-order valence-corrected chi connectivity index (χ3v) is 2.72. The molecule has 6 nitrogen and oxygen atoms in total. The van der Waals surface area contributed by atoms with E-state index in [4.69, 9.17) is 5.73 Å². The lowest BCUT2D eigenvalue weighted by molar-refractivity contribution is 0.703. The highest BCUT2D eigenvalue weighted by atomic mass is 15.3. The highest BCUT2D eigenvalue weighted by Gasteiger charge is 2.17. The van der Waals surface area contributed by atoms with Crippen LogP contribution in [0.15, 0.2) is 48.9 Å². The van der Waals surface area contributed by atoms with E-state index in [9.17, 15) is 0 Å². The van der Waals surface area contributed by atoms with Crippen LogP contribution in [0.3, 0.4) is 0 Å². The lowest BCUT2D eigenvalue weighted by Gasteiger charge is -2.11. The second-order valence-corrected chi connectivity index (χ2v) is 3.85. The van der Waals surface area contributed by atoms with E-state index in [0.717, 1.165) is 11.4 Å². The summed E-state index contributed by atoms with van der Waals surface area (Å²) < 4.78 is 1.80. The Bertz CT molecular complexity index is 613. The lowest BCUT2D eigenvalue weighted by Crippen LogP contribution is -2.18. The van der Waals surface area contributed by atoms with E-state index in [1.54, 1.807) is 10.9 Å². The molecule has 0 aliphatic heterocycles. The topological polar surface area (TPSA) is 85.4 Å². The van der Waals surface area contributed by atoms with Crippen LogP contribution in [0.5, 0.6) is 0 Å². The molecule has 0 saturated heterocycles. The van der Waals surface area contributed by atoms with Gasteiger partial charge in [-0.1, -0.05) is 18.2 Å². The van der Waals surface area contributed by atoms with Gasteiger partial charge in [-0.25, -0.2) is 9.67 Å². The highest BCUT2D eigenvalue weighted by molar-refractivity contribution is 5.34. The molecule has 0 spiro atoms. The number of para-hydroxylation sites is 1. The number of nitrogens with zero attached hydrogens (tertiary/aromatic N) is 4. The molecular weight excluding hydrogens is 228 g/mol. The van der Waals surface area contributed by atoms with E-state index in [0.29, 0.717) is 5.82 Å². The predicted molar refractivity (Wildman–Crippen MR) is 66.0 cm³/mol. The largest absolute Gasteiger partial charge is 0.316 e. The van der Waals surface area contributed by atoms with Crippen LogP contribution in [-0.4, -0.2) is 25.0 Å². The molecular formula is C12H12N6. The van der Waals surface area contributed by atoms with Gasteiger partial charge in [-0.2, -0.15) is 10.2 Å². The zero-order valence-electron chi connectivity index (χ0n) is 9.56. The summed E-state index contributed by atoms with van der Waals surface area (Å²) in [5.41, 5.74) is 7.97. The number of aromatic nitrogens is 5. The van der Waals surface area contributed by atoms with Crippen molar-refractivity contribution in [2.75, 3.05) is 0 Å². The van der Waals surface area contributed by atoms with Crippen LogP contribution in [0.2, 0.25) is 0 Å². The summed E-state index contributed by atoms with van der Waals surface area (Å²) >= 11 is 0. The SMILES string of the molecule is NC(c1ncn[nH]1)c1ccnn1-c1ccccc1. The molecule has 18 heavy (non-hydrogen) atoms. The number of hydrogen-bond donors (Lipinski definition) is 2. The molecule has 0 radical (unpaired) electrons. The fourth-order valence-corrected chi connectivity index (χ4v) is 1.84. The normalized spacial score (nSPS) is 12.5. The first kappa shape index (κ1) is 10.7. The Morgan fingerprint density at radius 1 is 1.17 bits per heavy atom. The highest BCUT2D eigenvalue weighted by Crippen LogP contribution is 2.18. The molecule has 0 aliphatic carbocycles. The number of nitrogens with one attached hydrogen (secondary N) is 1. The average molecular weight is 240 g/mol. The van der Waals surface area contributed by atoms with E-state index in [-0.39, 0.29) is 6.04 Å². The second-order valence-electron chi connectivity index (χ2n) is 3.85. The molecule has 6 heteroatoms. The Labute approximate surface area is 103 Å². The number of H-pyrrole nitrogens is 1. The lowest BCUT2D eigenvalue weighted by atomic mass is 10.2. The summed E-state index contributed by atoms with van der Waals surface area (Å²) in [6, 6.07) is 11.3. The summed E-state index contributed by atoms with van der Waals surface area (Å²) in [4.78, 5) is 4.07. The van der Waals surface area contributed by atoms with Gasteiger partial charge in [0.25, 0.3) is 0 Å². The van der Waals surface area contributed by atoms with Crippen molar-refractivity contribution >= 4 is 0 Å². The molecule has 0 bridgehead atoms. The second kappa shape index (κ2) is 4.42. The fraction of sp³-hybridized carbons (Fsp3) is 0.0833. The zero-order chi connectivity index (χ0) is 12.4. The zero-order valence-corrected chi connectivity index (χ0v) is 9.56. The first-order valence-corrected chi connectivity index (χ1v) is 5.56. The van der Waals surface area contributed by atoms with Gasteiger partial charge in [0.15, 0.2) is 0 Å². The summed E-state index contributed by atoms with van der Waals surface area (Å²) in [6.07, 6.45) is 3.16. The van der Waals surface area contributed by atoms with Crippen molar-refractivity contribution in [3.05, 3.63) is 60.4 Å². The van der Waals surface area contributed by atoms with Crippen LogP contribution in [-0.2, 0) is 0 Å². The quantitative estimate of drug-likeness (QED) is 0.716. The summed E-state index contributed by atoms with van der Waals surface area (Å²) in [6.45, 7) is 0. The molecule has 3 N–H and O–H groups in total. The van der Waals surface area contributed by atoms with Crippen LogP contribution in [0.1, 0.15) is 17.6 Å². The van der Waals surface area contributed by atoms with Gasteiger partial charge < -0.3 is 5.73 Å². The predicted octanol–water partition coefficient (Wildman–Crippen LogP) is 1.04. The minimum atomic E-state index is -0.379. The average Bonchev–Trinajstić information content (AvgIpc) is 3.10. The smallest absolute Gasteiger partial charge is 0.147 e. The van der Waals surface area contributed by atoms with Crippen LogP contribution < -0.4 is 5.73 Å². The number of benzene rings is 1. The summed E-state index contributed by atoms with van der Waals surface area (Å²) in [5, 5.41) is 10.9. The maximum Gasteiger partial charge on any atom is 0.147 e. The fourth-order valence-electron chi connectivity index (χ4n) is 1.84. The maximum atomic E-state index is 6.15. The van der Waals surface area contributed by atoms with E-state index >= 15 is 0 Å². The number of aromatic amines is 1. The van der Waals surface area contributed by atoms with Crippen molar-refractivity contribution < 1.29 is 0 Å². The van der Waals surface area contributed by atoms with Crippen LogP contribution >= 0.6 is 0 Å². The van der Waals surface area contributed by atoms with Crippen LogP contribution in [0.4, 0.5) is 0 Å². The third-order valence-electron chi connectivity index (χ3n) is 2.72. The number of rotatable bonds is 3. The van der Waals surface area contributed by atoms with Crippen molar-refractivity contribution in [2.24, 2.45) is 5.73 Å². The van der Waals surface area contributed by atoms with Gasteiger partial charge in [0.1, 0.15) is 18.2 Å². The molecule has 0 saturated carbocycles. The van der Waals surface area contributed by atoms with E-state index in [1.807, 2.05) is 36.4 Å². The summed E-state index contributed by atoms with van der Waals surface area (Å²) in [5.74, 6) is 0.618. The Morgan fingerprint density at radius 2 is 2.00 bits per heavy atom. The molecule has 2 aromatic heterocycles. The first-order chi connectivity index (χ1) is 8.86. The third kappa shape index (κ3) is 1.78. The maximum absolute atomic E-state index is 6.15. The van der Waals surface area contributed by atoms with Gasteiger partial charge in [0.05, 0.1) is 11.4 Å². The van der Waals surface area contributed by atoms with Gasteiger partial charge in [0, 0.05) is 6.20 Å². The molecule has 0 amide bonds. The molecule has 3 rings (SSSR count). The van der Waals surface area contributed by atoms with Gasteiger partial charge in [0.2, 0.25) is 0 Å². The van der Waals surface area contributed by atoms with Crippen molar-refractivity contribution in [1.82, 2.24) is 25.0 Å². The molecule has 90 valence electrons. The van der Waals surface area contributed by atoms with Crippen LogP contribution in [0, 0.1) is 0 Å². The minimum absolute atomic E-state index is 0.379. The van der Waals surface area contributed by atoms with E-state index < -0.39 is 0 Å². The molecule has 3 aromatic rings. The summed E-state index contributed by atoms with van der Waals surface area (Å²) in [7, 11) is 0. The minimum Gasteiger partial charge on any atom is -0.316 e. The van der Waals surface area contributed by atoms with E-state index in [2.05, 4.69) is 20.3 Å². The van der Waals surface area contributed by atoms with Crippen molar-refractivity contribution in [1.29, 1.82) is 0 Å². The van der Waals surface area contributed by atoms with Gasteiger partial charge >= 0.3 is 0 Å². The number of nitrogens with two attached hydrogens (primary N) is 1.